The van der Waals surface area contributed by atoms with Crippen molar-refractivity contribution in [3.8, 4) is 5.75 Å². The lowest BCUT2D eigenvalue weighted by Crippen LogP contribution is -2.40. The zero-order valence-electron chi connectivity index (χ0n) is 14.0. The van der Waals surface area contributed by atoms with Crippen molar-refractivity contribution in [2.75, 3.05) is 19.0 Å². The van der Waals surface area contributed by atoms with E-state index in [1.54, 1.807) is 24.3 Å². The molecule has 0 saturated heterocycles. The van der Waals surface area contributed by atoms with Crippen LogP contribution in [0.15, 0.2) is 24.3 Å². The van der Waals surface area contributed by atoms with Crippen LogP contribution in [0.2, 0.25) is 0 Å². The molecule has 0 aromatic heterocycles. The fourth-order valence-corrected chi connectivity index (χ4v) is 2.67. The van der Waals surface area contributed by atoms with E-state index in [2.05, 4.69) is 15.4 Å². The van der Waals surface area contributed by atoms with Gasteiger partial charge >= 0.3 is 18.0 Å². The predicted molar refractivity (Wildman–Crippen MR) is 89.5 cm³/mol. The van der Waals surface area contributed by atoms with Gasteiger partial charge in [-0.1, -0.05) is 0 Å². The summed E-state index contributed by atoms with van der Waals surface area (Å²) in [6.45, 7) is -0.178. The van der Waals surface area contributed by atoms with Gasteiger partial charge in [0.25, 0.3) is 0 Å². The number of ether oxygens (including phenoxy) is 2. The minimum Gasteiger partial charge on any atom is -0.482 e. The Morgan fingerprint density at radius 2 is 1.76 bits per heavy atom. The number of carboxylic acid groups (broad SMARTS) is 1. The number of anilines is 1. The Bertz CT molecular complexity index is 608. The fraction of sp³-hybridized carbons (Fsp3) is 0.471. The molecular weight excluding hydrogens is 328 g/mol. The molecule has 0 aliphatic heterocycles. The van der Waals surface area contributed by atoms with E-state index in [4.69, 9.17) is 9.84 Å². The third-order valence-electron chi connectivity index (χ3n) is 4.11. The van der Waals surface area contributed by atoms with Gasteiger partial charge in [0.05, 0.1) is 13.0 Å². The summed E-state index contributed by atoms with van der Waals surface area (Å²) in [5.41, 5.74) is 0.585. The summed E-state index contributed by atoms with van der Waals surface area (Å²) in [6, 6.07) is 6.24. The Morgan fingerprint density at radius 1 is 1.12 bits per heavy atom. The standard InChI is InChI=1S/C17H22N2O6/c1-24-15(20)10-25-14-8-6-13(7-9-14)19-17(23)18-12-4-2-11(3-5-12)16(21)22/h6-9,11-12H,2-5,10H2,1H3,(H,21,22)(H2,18,19,23). The topological polar surface area (TPSA) is 114 Å². The molecule has 0 radical (unpaired) electrons. The third-order valence-corrected chi connectivity index (χ3v) is 4.11. The number of carbonyl (C=O) groups is 3. The largest absolute Gasteiger partial charge is 0.482 e. The van der Waals surface area contributed by atoms with Gasteiger partial charge in [-0.3, -0.25) is 4.79 Å². The van der Waals surface area contributed by atoms with Crippen LogP contribution in [0.1, 0.15) is 25.7 Å². The predicted octanol–water partition coefficient (Wildman–Crippen LogP) is 2.00. The van der Waals surface area contributed by atoms with Crippen LogP contribution in [0.4, 0.5) is 10.5 Å². The maximum absolute atomic E-state index is 12.0. The van der Waals surface area contributed by atoms with Gasteiger partial charge in [0.2, 0.25) is 0 Å². The number of aliphatic carboxylic acids is 1. The third kappa shape index (κ3) is 5.98. The number of urea groups is 1. The molecule has 1 saturated carbocycles. The molecule has 2 rings (SSSR count). The number of hydrogen-bond donors (Lipinski definition) is 3. The van der Waals surface area contributed by atoms with Crippen molar-refractivity contribution >= 4 is 23.7 Å². The quantitative estimate of drug-likeness (QED) is 0.676. The maximum Gasteiger partial charge on any atom is 0.343 e. The molecule has 1 aromatic carbocycles. The van der Waals surface area contributed by atoms with Crippen LogP contribution in [0.3, 0.4) is 0 Å². The Morgan fingerprint density at radius 3 is 2.32 bits per heavy atom. The van der Waals surface area contributed by atoms with Crippen LogP contribution in [-0.4, -0.2) is 42.8 Å². The Balaban J connectivity index is 1.75. The van der Waals surface area contributed by atoms with E-state index in [-0.39, 0.29) is 24.6 Å². The smallest absolute Gasteiger partial charge is 0.343 e. The monoisotopic (exact) mass is 350 g/mol. The average molecular weight is 350 g/mol. The lowest BCUT2D eigenvalue weighted by molar-refractivity contribution is -0.143. The molecule has 1 aliphatic carbocycles. The van der Waals surface area contributed by atoms with Crippen LogP contribution in [0.5, 0.6) is 5.75 Å². The number of benzene rings is 1. The normalized spacial score (nSPS) is 19.6. The number of carboxylic acids is 1. The van der Waals surface area contributed by atoms with Crippen LogP contribution >= 0.6 is 0 Å². The number of amides is 2. The van der Waals surface area contributed by atoms with Crippen molar-refractivity contribution < 1.29 is 29.0 Å². The van der Waals surface area contributed by atoms with Crippen molar-refractivity contribution in [3.05, 3.63) is 24.3 Å². The molecule has 3 N–H and O–H groups in total. The molecule has 8 heteroatoms. The first-order chi connectivity index (χ1) is 12.0. The van der Waals surface area contributed by atoms with Gasteiger partial charge in [-0.2, -0.15) is 0 Å². The number of carbonyl (C=O) groups excluding carboxylic acids is 2. The number of rotatable bonds is 6. The van der Waals surface area contributed by atoms with E-state index in [0.29, 0.717) is 37.1 Å². The van der Waals surface area contributed by atoms with Gasteiger partial charge in [-0.15, -0.1) is 0 Å². The van der Waals surface area contributed by atoms with Gasteiger partial charge in [0, 0.05) is 11.7 Å². The minimum absolute atomic E-state index is 0.0155. The molecule has 0 bridgehead atoms. The maximum atomic E-state index is 12.0. The first-order valence-electron chi connectivity index (χ1n) is 8.08. The first kappa shape index (κ1) is 18.6. The zero-order valence-corrected chi connectivity index (χ0v) is 14.0. The summed E-state index contributed by atoms with van der Waals surface area (Å²) in [5, 5.41) is 14.5. The zero-order chi connectivity index (χ0) is 18.2. The van der Waals surface area contributed by atoms with E-state index >= 15 is 0 Å². The summed E-state index contributed by atoms with van der Waals surface area (Å²) < 4.78 is 9.70. The number of esters is 1. The molecule has 25 heavy (non-hydrogen) atoms. The van der Waals surface area contributed by atoms with E-state index < -0.39 is 11.9 Å². The second kappa shape index (κ2) is 8.91. The molecule has 136 valence electrons. The van der Waals surface area contributed by atoms with Crippen molar-refractivity contribution in [1.29, 1.82) is 0 Å². The molecule has 1 aliphatic rings. The van der Waals surface area contributed by atoms with Crippen LogP contribution in [0.25, 0.3) is 0 Å². The van der Waals surface area contributed by atoms with E-state index in [0.717, 1.165) is 0 Å². The summed E-state index contributed by atoms with van der Waals surface area (Å²) in [5.74, 6) is -1.06. The molecule has 1 fully saturated rings. The highest BCUT2D eigenvalue weighted by molar-refractivity contribution is 5.89. The van der Waals surface area contributed by atoms with Crippen molar-refractivity contribution in [2.45, 2.75) is 31.7 Å². The van der Waals surface area contributed by atoms with Crippen molar-refractivity contribution in [2.24, 2.45) is 5.92 Å². The summed E-state index contributed by atoms with van der Waals surface area (Å²) in [7, 11) is 1.28. The van der Waals surface area contributed by atoms with Crippen LogP contribution in [0, 0.1) is 5.92 Å². The van der Waals surface area contributed by atoms with Gasteiger partial charge in [-0.05, 0) is 49.9 Å². The lowest BCUT2D eigenvalue weighted by Gasteiger charge is -2.26. The molecular formula is C17H22N2O6. The summed E-state index contributed by atoms with van der Waals surface area (Å²) in [4.78, 5) is 33.9. The molecule has 0 atom stereocenters. The Kier molecular flexibility index (Phi) is 6.62. The van der Waals surface area contributed by atoms with Crippen molar-refractivity contribution in [1.82, 2.24) is 5.32 Å². The van der Waals surface area contributed by atoms with Gasteiger partial charge in [-0.25, -0.2) is 9.59 Å². The van der Waals surface area contributed by atoms with Crippen LogP contribution in [-0.2, 0) is 14.3 Å². The molecule has 0 unspecified atom stereocenters. The molecule has 1 aromatic rings. The van der Waals surface area contributed by atoms with Gasteiger partial charge in [0.15, 0.2) is 6.61 Å². The fourth-order valence-electron chi connectivity index (χ4n) is 2.67. The molecule has 0 spiro atoms. The summed E-state index contributed by atoms with van der Waals surface area (Å²) in [6.07, 6.45) is 2.47. The highest BCUT2D eigenvalue weighted by atomic mass is 16.6. The average Bonchev–Trinajstić information content (AvgIpc) is 2.61. The van der Waals surface area contributed by atoms with Crippen LogP contribution < -0.4 is 15.4 Å². The SMILES string of the molecule is COC(=O)COc1ccc(NC(=O)NC2CCC(C(=O)O)CC2)cc1. The van der Waals surface area contributed by atoms with E-state index in [1.165, 1.54) is 7.11 Å². The number of methoxy groups -OCH3 is 1. The van der Waals surface area contributed by atoms with E-state index in [9.17, 15) is 14.4 Å². The highest BCUT2D eigenvalue weighted by Crippen LogP contribution is 2.24. The second-order valence-corrected chi connectivity index (χ2v) is 5.87. The summed E-state index contributed by atoms with van der Waals surface area (Å²) >= 11 is 0. The number of hydrogen-bond acceptors (Lipinski definition) is 5. The first-order valence-corrected chi connectivity index (χ1v) is 8.08. The second-order valence-electron chi connectivity index (χ2n) is 5.87. The minimum atomic E-state index is -0.766. The van der Waals surface area contributed by atoms with Gasteiger partial charge < -0.3 is 25.2 Å². The Hall–Kier alpha value is -2.77. The number of nitrogens with one attached hydrogen (secondary N) is 2. The molecule has 0 heterocycles. The lowest BCUT2D eigenvalue weighted by atomic mass is 9.86. The Labute approximate surface area is 145 Å². The highest BCUT2D eigenvalue weighted by Gasteiger charge is 2.26. The molecule has 8 nitrogen and oxygen atoms in total. The van der Waals surface area contributed by atoms with E-state index in [1.807, 2.05) is 0 Å². The van der Waals surface area contributed by atoms with Gasteiger partial charge in [0.1, 0.15) is 5.75 Å². The molecule has 2 amide bonds. The van der Waals surface area contributed by atoms with Crippen molar-refractivity contribution in [3.63, 3.8) is 0 Å².